The summed E-state index contributed by atoms with van der Waals surface area (Å²) in [6.45, 7) is 1.75. The Morgan fingerprint density at radius 2 is 2.00 bits per heavy atom. The minimum absolute atomic E-state index is 0.0499. The molecule has 5 nitrogen and oxygen atoms in total. The molecule has 0 fully saturated rings. The first-order valence-corrected chi connectivity index (χ1v) is 3.79. The molecule has 2 N–H and O–H groups in total. The first-order valence-electron chi connectivity index (χ1n) is 3.79. The maximum Gasteiger partial charge on any atom is 0.269 e. The van der Waals surface area contributed by atoms with E-state index in [0.717, 1.165) is 5.56 Å². The van der Waals surface area contributed by atoms with Gasteiger partial charge in [-0.05, 0) is 12.5 Å². The van der Waals surface area contributed by atoms with Crippen LogP contribution in [0.3, 0.4) is 0 Å². The van der Waals surface area contributed by atoms with Gasteiger partial charge in [-0.15, -0.1) is 0 Å². The molecule has 1 rings (SSSR count). The molecule has 1 aromatic rings. The molecule has 0 aliphatic carbocycles. The van der Waals surface area contributed by atoms with Gasteiger partial charge in [-0.1, -0.05) is 12.1 Å². The van der Waals surface area contributed by atoms with E-state index in [-0.39, 0.29) is 11.7 Å². The van der Waals surface area contributed by atoms with E-state index in [9.17, 15) is 10.1 Å². The lowest BCUT2D eigenvalue weighted by molar-refractivity contribution is -0.384. The van der Waals surface area contributed by atoms with Gasteiger partial charge in [0.2, 0.25) is 0 Å². The van der Waals surface area contributed by atoms with E-state index in [0.29, 0.717) is 0 Å². The van der Waals surface area contributed by atoms with Gasteiger partial charge in [-0.25, -0.2) is 0 Å². The Morgan fingerprint density at radius 3 is 2.38 bits per heavy atom. The van der Waals surface area contributed by atoms with Crippen molar-refractivity contribution in [1.29, 1.82) is 0 Å². The van der Waals surface area contributed by atoms with Crippen LogP contribution in [0.15, 0.2) is 24.3 Å². The highest BCUT2D eigenvalue weighted by atomic mass is 16.6. The van der Waals surface area contributed by atoms with Crippen LogP contribution in [0.1, 0.15) is 18.5 Å². The zero-order chi connectivity index (χ0) is 9.84. The third kappa shape index (κ3) is 2.24. The highest BCUT2D eigenvalue weighted by Crippen LogP contribution is 2.16. The number of hydroxylamine groups is 1. The van der Waals surface area contributed by atoms with Crippen LogP contribution < -0.4 is 5.48 Å². The lowest BCUT2D eigenvalue weighted by atomic mass is 10.1. The Balaban J connectivity index is 2.87. The van der Waals surface area contributed by atoms with Crippen LogP contribution in [0, 0.1) is 10.1 Å². The molecule has 0 unspecified atom stereocenters. The Labute approximate surface area is 75.1 Å². The zero-order valence-corrected chi connectivity index (χ0v) is 7.10. The molecule has 70 valence electrons. The van der Waals surface area contributed by atoms with Gasteiger partial charge in [0.25, 0.3) is 5.69 Å². The Kier molecular flexibility index (Phi) is 2.94. The highest BCUT2D eigenvalue weighted by molar-refractivity contribution is 5.33. The van der Waals surface area contributed by atoms with Crippen LogP contribution in [-0.4, -0.2) is 10.1 Å². The van der Waals surface area contributed by atoms with E-state index >= 15 is 0 Å². The molecule has 0 amide bonds. The summed E-state index contributed by atoms with van der Waals surface area (Å²) >= 11 is 0. The number of non-ortho nitro benzene ring substituents is 1. The van der Waals surface area contributed by atoms with Crippen molar-refractivity contribution in [3.8, 4) is 0 Å². The van der Waals surface area contributed by atoms with Gasteiger partial charge in [-0.2, -0.15) is 5.48 Å². The van der Waals surface area contributed by atoms with Crippen molar-refractivity contribution >= 4 is 5.69 Å². The number of nitro benzene ring substituents is 1. The van der Waals surface area contributed by atoms with Gasteiger partial charge < -0.3 is 5.21 Å². The molecular weight excluding hydrogens is 172 g/mol. The molecular formula is C8H10N2O3. The molecule has 5 heteroatoms. The fourth-order valence-corrected chi connectivity index (χ4v) is 0.959. The SMILES string of the molecule is C[C@@H](NO)c1ccc([N+](=O)[O-])cc1. The molecule has 1 aromatic carbocycles. The first kappa shape index (κ1) is 9.63. The van der Waals surface area contributed by atoms with E-state index in [1.807, 2.05) is 0 Å². The van der Waals surface area contributed by atoms with Crippen molar-refractivity contribution in [3.05, 3.63) is 39.9 Å². The topological polar surface area (TPSA) is 75.4 Å². The van der Waals surface area contributed by atoms with Gasteiger partial charge in [0.05, 0.1) is 11.0 Å². The maximum atomic E-state index is 10.3. The second-order valence-electron chi connectivity index (χ2n) is 2.70. The average Bonchev–Trinajstić information content (AvgIpc) is 2.17. The summed E-state index contributed by atoms with van der Waals surface area (Å²) in [4.78, 5) is 9.83. The Morgan fingerprint density at radius 1 is 1.46 bits per heavy atom. The monoisotopic (exact) mass is 182 g/mol. The third-order valence-corrected chi connectivity index (χ3v) is 1.80. The van der Waals surface area contributed by atoms with Crippen LogP contribution in [0.25, 0.3) is 0 Å². The first-order chi connectivity index (χ1) is 6.15. The van der Waals surface area contributed by atoms with Gasteiger partial charge in [0, 0.05) is 12.1 Å². The largest absolute Gasteiger partial charge is 0.316 e. The number of nitro groups is 1. The van der Waals surface area contributed by atoms with Crippen molar-refractivity contribution in [2.75, 3.05) is 0 Å². The summed E-state index contributed by atoms with van der Waals surface area (Å²) in [5, 5.41) is 18.9. The summed E-state index contributed by atoms with van der Waals surface area (Å²) in [6.07, 6.45) is 0. The fourth-order valence-electron chi connectivity index (χ4n) is 0.959. The molecule has 13 heavy (non-hydrogen) atoms. The van der Waals surface area contributed by atoms with Crippen molar-refractivity contribution < 1.29 is 10.1 Å². The molecule has 0 aliphatic heterocycles. The summed E-state index contributed by atoms with van der Waals surface area (Å²) in [7, 11) is 0. The summed E-state index contributed by atoms with van der Waals surface area (Å²) in [5.41, 5.74) is 2.91. The molecule has 0 heterocycles. The zero-order valence-electron chi connectivity index (χ0n) is 7.10. The predicted molar refractivity (Wildman–Crippen MR) is 46.4 cm³/mol. The predicted octanol–water partition coefficient (Wildman–Crippen LogP) is 1.63. The van der Waals surface area contributed by atoms with Crippen LogP contribution in [-0.2, 0) is 0 Å². The average molecular weight is 182 g/mol. The minimum atomic E-state index is -0.458. The van der Waals surface area contributed by atoms with Gasteiger partial charge in [0.1, 0.15) is 0 Å². The van der Waals surface area contributed by atoms with Crippen molar-refractivity contribution in [3.63, 3.8) is 0 Å². The second-order valence-corrected chi connectivity index (χ2v) is 2.70. The molecule has 0 bridgehead atoms. The van der Waals surface area contributed by atoms with Crippen molar-refractivity contribution in [1.82, 2.24) is 5.48 Å². The van der Waals surface area contributed by atoms with Crippen molar-refractivity contribution in [2.24, 2.45) is 0 Å². The number of hydrogen-bond donors (Lipinski definition) is 2. The fraction of sp³-hybridized carbons (Fsp3) is 0.250. The Hall–Kier alpha value is -1.46. The molecule has 0 saturated carbocycles. The van der Waals surface area contributed by atoms with Gasteiger partial charge in [-0.3, -0.25) is 10.1 Å². The summed E-state index contributed by atoms with van der Waals surface area (Å²) < 4.78 is 0. The second kappa shape index (κ2) is 3.97. The van der Waals surface area contributed by atoms with E-state index in [2.05, 4.69) is 5.48 Å². The maximum absolute atomic E-state index is 10.3. The molecule has 0 radical (unpaired) electrons. The lowest BCUT2D eigenvalue weighted by Crippen LogP contribution is -2.12. The minimum Gasteiger partial charge on any atom is -0.316 e. The smallest absolute Gasteiger partial charge is 0.269 e. The van der Waals surface area contributed by atoms with E-state index < -0.39 is 4.92 Å². The standard InChI is InChI=1S/C8H10N2O3/c1-6(9-11)7-2-4-8(5-3-7)10(12)13/h2-6,9,11H,1H3/t6-/m1/s1. The quantitative estimate of drug-likeness (QED) is 0.550. The normalized spacial score (nSPS) is 12.5. The highest BCUT2D eigenvalue weighted by Gasteiger charge is 2.07. The van der Waals surface area contributed by atoms with Crippen LogP contribution in [0.5, 0.6) is 0 Å². The van der Waals surface area contributed by atoms with Crippen LogP contribution in [0.4, 0.5) is 5.69 Å². The van der Waals surface area contributed by atoms with Gasteiger partial charge >= 0.3 is 0 Å². The molecule has 0 aliphatic rings. The molecule has 0 spiro atoms. The van der Waals surface area contributed by atoms with Crippen molar-refractivity contribution in [2.45, 2.75) is 13.0 Å². The lowest BCUT2D eigenvalue weighted by Gasteiger charge is -2.07. The Bertz CT molecular complexity index is 297. The number of rotatable bonds is 3. The third-order valence-electron chi connectivity index (χ3n) is 1.80. The number of nitrogens with zero attached hydrogens (tertiary/aromatic N) is 1. The summed E-state index contributed by atoms with van der Waals surface area (Å²) in [5.74, 6) is 0. The number of nitrogens with one attached hydrogen (secondary N) is 1. The van der Waals surface area contributed by atoms with Crippen LogP contribution >= 0.6 is 0 Å². The number of hydrogen-bond acceptors (Lipinski definition) is 4. The summed E-state index contributed by atoms with van der Waals surface area (Å²) in [6, 6.07) is 5.80. The van der Waals surface area contributed by atoms with E-state index in [1.54, 1.807) is 19.1 Å². The molecule has 0 aromatic heterocycles. The number of benzene rings is 1. The molecule has 1 atom stereocenters. The van der Waals surface area contributed by atoms with E-state index in [4.69, 9.17) is 5.21 Å². The van der Waals surface area contributed by atoms with Gasteiger partial charge in [0.15, 0.2) is 0 Å². The van der Waals surface area contributed by atoms with E-state index in [1.165, 1.54) is 12.1 Å². The van der Waals surface area contributed by atoms with Crippen LogP contribution in [0.2, 0.25) is 0 Å². The molecule has 0 saturated heterocycles.